The largest absolute Gasteiger partial charge is 0.508 e. The van der Waals surface area contributed by atoms with Gasteiger partial charge in [-0.05, 0) is 67.6 Å². The van der Waals surface area contributed by atoms with E-state index in [1.165, 1.54) is 43.3 Å². The number of anilines is 1. The topological polar surface area (TPSA) is 83.4 Å². The fourth-order valence-electron chi connectivity index (χ4n) is 8.16. The summed E-state index contributed by atoms with van der Waals surface area (Å²) in [6.45, 7) is 1.41. The van der Waals surface area contributed by atoms with Gasteiger partial charge in [0.25, 0.3) is 0 Å². The van der Waals surface area contributed by atoms with E-state index in [0.717, 1.165) is 32.2 Å². The molecule has 4 aliphatic rings. The van der Waals surface area contributed by atoms with Crippen molar-refractivity contribution in [2.75, 3.05) is 25.0 Å². The third kappa shape index (κ3) is 4.35. The van der Waals surface area contributed by atoms with Crippen molar-refractivity contribution in [1.82, 2.24) is 19.9 Å². The Labute approximate surface area is 252 Å². The number of aromatic hydroxyl groups is 1. The molecule has 7 nitrogen and oxygen atoms in total. The number of aromatic nitrogens is 3. The number of phenols is 1. The van der Waals surface area contributed by atoms with E-state index >= 15 is 4.39 Å². The van der Waals surface area contributed by atoms with E-state index in [1.54, 1.807) is 0 Å². The van der Waals surface area contributed by atoms with Gasteiger partial charge in [-0.3, -0.25) is 9.88 Å². The summed E-state index contributed by atoms with van der Waals surface area (Å²) >= 11 is 0. The second kappa shape index (κ2) is 10.2. The van der Waals surface area contributed by atoms with Gasteiger partial charge in [-0.1, -0.05) is 24.8 Å². The fourth-order valence-corrected chi connectivity index (χ4v) is 8.16. The van der Waals surface area contributed by atoms with Crippen molar-refractivity contribution in [3.8, 4) is 35.4 Å². The zero-order chi connectivity index (χ0) is 30.2. The molecule has 0 amide bonds. The maximum Gasteiger partial charge on any atom is 0.319 e. The first-order valence-corrected chi connectivity index (χ1v) is 15.4. The molecule has 2 unspecified atom stereocenters. The molecular weight excluding hydrogens is 567 g/mol. The monoisotopic (exact) mass is 599 g/mol. The Morgan fingerprint density at radius 2 is 1.95 bits per heavy atom. The van der Waals surface area contributed by atoms with Gasteiger partial charge in [0.1, 0.15) is 41.4 Å². The number of hydrogen-bond acceptors (Lipinski definition) is 7. The molecule has 2 aliphatic carbocycles. The normalized spacial score (nSPS) is 27.7. The first-order valence-electron chi connectivity index (χ1n) is 15.4. The van der Waals surface area contributed by atoms with Crippen molar-refractivity contribution in [2.24, 2.45) is 11.8 Å². The molecular formula is C34H32F3N5O2. The highest BCUT2D eigenvalue weighted by molar-refractivity contribution is 6.03. The zero-order valence-electron chi connectivity index (χ0n) is 24.1. The molecule has 2 aliphatic heterocycles. The molecule has 0 spiro atoms. The van der Waals surface area contributed by atoms with Crippen LogP contribution in [0.2, 0.25) is 0 Å². The number of hydrogen-bond donors (Lipinski definition) is 2. The maximum atomic E-state index is 16.6. The smallest absolute Gasteiger partial charge is 0.319 e. The minimum atomic E-state index is -0.909. The van der Waals surface area contributed by atoms with Crippen LogP contribution in [-0.2, 0) is 0 Å². The number of alkyl halides is 1. The van der Waals surface area contributed by atoms with Crippen molar-refractivity contribution < 1.29 is 23.0 Å². The van der Waals surface area contributed by atoms with Gasteiger partial charge in [0.05, 0.1) is 16.5 Å². The molecule has 10 heteroatoms. The fraction of sp³-hybridized carbons (Fsp3) is 0.441. The van der Waals surface area contributed by atoms with Crippen LogP contribution in [0.4, 0.5) is 19.0 Å². The highest BCUT2D eigenvalue weighted by atomic mass is 19.1. The van der Waals surface area contributed by atoms with Crippen molar-refractivity contribution in [3.05, 3.63) is 47.7 Å². The highest BCUT2D eigenvalue weighted by Gasteiger charge is 2.51. The number of nitrogens with zero attached hydrogens (tertiary/aromatic N) is 4. The van der Waals surface area contributed by atoms with Gasteiger partial charge in [0, 0.05) is 36.2 Å². The van der Waals surface area contributed by atoms with Gasteiger partial charge in [0.15, 0.2) is 5.82 Å². The van der Waals surface area contributed by atoms with E-state index < -0.39 is 23.3 Å². The SMILES string of the molecule is C#Cc1c(F)ccc2cc(O)cc(-c3ncc4c(NC5C6CCCCC65)nc(OC[C@@]56CCCN5C[C@H](F)C6)nc4c3F)c12. The quantitative estimate of drug-likeness (QED) is 0.250. The summed E-state index contributed by atoms with van der Waals surface area (Å²) in [7, 11) is 0. The second-order valence-corrected chi connectivity index (χ2v) is 12.8. The van der Waals surface area contributed by atoms with Crippen LogP contribution >= 0.6 is 0 Å². The van der Waals surface area contributed by atoms with Crippen LogP contribution in [0.1, 0.15) is 50.5 Å². The lowest BCUT2D eigenvalue weighted by molar-refractivity contribution is 0.107. The van der Waals surface area contributed by atoms with Crippen LogP contribution in [0.3, 0.4) is 0 Å². The Morgan fingerprint density at radius 3 is 2.75 bits per heavy atom. The molecule has 2 saturated heterocycles. The van der Waals surface area contributed by atoms with E-state index in [0.29, 0.717) is 41.4 Å². The third-order valence-electron chi connectivity index (χ3n) is 10.3. The maximum absolute atomic E-state index is 16.6. The van der Waals surface area contributed by atoms with Gasteiger partial charge in [0.2, 0.25) is 0 Å². The average Bonchev–Trinajstić information content (AvgIpc) is 3.41. The second-order valence-electron chi connectivity index (χ2n) is 12.8. The Balaban J connectivity index is 1.24. The molecule has 0 bridgehead atoms. The Hall–Kier alpha value is -4.10. The Bertz CT molecular complexity index is 1850. The summed E-state index contributed by atoms with van der Waals surface area (Å²) in [6, 6.07) is 5.70. The molecule has 4 atom stereocenters. The molecule has 2 aromatic carbocycles. The van der Waals surface area contributed by atoms with E-state index in [4.69, 9.17) is 16.1 Å². The van der Waals surface area contributed by atoms with Crippen molar-refractivity contribution in [1.29, 1.82) is 0 Å². The lowest BCUT2D eigenvalue weighted by Crippen LogP contribution is -2.43. The lowest BCUT2D eigenvalue weighted by Gasteiger charge is -2.30. The summed E-state index contributed by atoms with van der Waals surface area (Å²) in [4.78, 5) is 15.8. The molecule has 8 rings (SSSR count). The molecule has 2 N–H and O–H groups in total. The number of rotatable bonds is 6. The summed E-state index contributed by atoms with van der Waals surface area (Å²) in [5, 5.41) is 15.1. The van der Waals surface area contributed by atoms with Crippen molar-refractivity contribution in [2.45, 2.75) is 62.7 Å². The van der Waals surface area contributed by atoms with Crippen LogP contribution in [-0.4, -0.2) is 62.4 Å². The zero-order valence-corrected chi connectivity index (χ0v) is 24.1. The van der Waals surface area contributed by atoms with E-state index in [1.807, 2.05) is 0 Å². The minimum absolute atomic E-state index is 0.000620. The van der Waals surface area contributed by atoms with E-state index in [-0.39, 0.29) is 52.1 Å². The predicted octanol–water partition coefficient (Wildman–Crippen LogP) is 6.37. The van der Waals surface area contributed by atoms with E-state index in [2.05, 4.69) is 26.1 Å². The van der Waals surface area contributed by atoms with Gasteiger partial charge >= 0.3 is 6.01 Å². The molecule has 2 saturated carbocycles. The first-order chi connectivity index (χ1) is 21.3. The number of phenolic OH excluding ortho intramolecular Hbond substituents is 1. The van der Waals surface area contributed by atoms with Gasteiger partial charge in [-0.2, -0.15) is 9.97 Å². The molecule has 4 aromatic rings. The van der Waals surface area contributed by atoms with Crippen LogP contribution in [0, 0.1) is 35.8 Å². The van der Waals surface area contributed by atoms with Gasteiger partial charge in [-0.15, -0.1) is 6.42 Å². The van der Waals surface area contributed by atoms with Crippen molar-refractivity contribution in [3.63, 3.8) is 0 Å². The summed E-state index contributed by atoms with van der Waals surface area (Å²) < 4.78 is 52.0. The molecule has 2 aromatic heterocycles. The van der Waals surface area contributed by atoms with Crippen molar-refractivity contribution >= 4 is 27.5 Å². The predicted molar refractivity (Wildman–Crippen MR) is 161 cm³/mol. The number of ether oxygens (including phenoxy) is 1. The number of terminal acetylenes is 1. The molecule has 4 fully saturated rings. The standard InChI is InChI=1S/C34H32F3N5O2/c1-2-21-26(36)9-8-18-12-20(43)13-24(27(18)21)30-28(37)31-25(15-38-30)32(39-29-22-6-3-4-7-23(22)29)41-33(40-31)44-17-34-10-5-11-42(34)16-19(35)14-34/h1,8-9,12-13,15,19,22-23,29,43H,3-7,10-11,14,16-17H2,(H,39,40,41)/t19-,22?,23?,29?,34+/m1/s1. The summed E-state index contributed by atoms with van der Waals surface area (Å²) in [5.74, 6) is 2.37. The number of benzene rings is 2. The van der Waals surface area contributed by atoms with Gasteiger partial charge < -0.3 is 15.2 Å². The minimum Gasteiger partial charge on any atom is -0.508 e. The average molecular weight is 600 g/mol. The third-order valence-corrected chi connectivity index (χ3v) is 10.3. The highest BCUT2D eigenvalue weighted by Crippen LogP contribution is 2.51. The lowest BCUT2D eigenvalue weighted by atomic mass is 9.95. The van der Waals surface area contributed by atoms with Crippen LogP contribution in [0.25, 0.3) is 32.9 Å². The van der Waals surface area contributed by atoms with Crippen LogP contribution in [0.5, 0.6) is 11.8 Å². The Morgan fingerprint density at radius 1 is 1.14 bits per heavy atom. The van der Waals surface area contributed by atoms with Gasteiger partial charge in [-0.25, -0.2) is 13.2 Å². The number of pyridine rings is 1. The molecule has 44 heavy (non-hydrogen) atoms. The Kier molecular flexibility index (Phi) is 6.38. The number of halogens is 3. The molecule has 4 heterocycles. The van der Waals surface area contributed by atoms with E-state index in [9.17, 15) is 13.9 Å². The first kappa shape index (κ1) is 27.4. The van der Waals surface area contributed by atoms with Crippen LogP contribution < -0.4 is 10.1 Å². The number of fused-ring (bicyclic) bond motifs is 4. The van der Waals surface area contributed by atoms with Crippen LogP contribution in [0.15, 0.2) is 30.5 Å². The number of nitrogens with one attached hydrogen (secondary N) is 1. The summed E-state index contributed by atoms with van der Waals surface area (Å²) in [6.07, 6.45) is 13.1. The molecule has 226 valence electrons. The summed E-state index contributed by atoms with van der Waals surface area (Å²) in [5.41, 5.74) is -0.470. The molecule has 0 radical (unpaired) electrons.